The molecule has 0 amide bonds. The van der Waals surface area contributed by atoms with Gasteiger partial charge in [0, 0.05) is 6.04 Å². The predicted molar refractivity (Wildman–Crippen MR) is 75.4 cm³/mol. The third-order valence-electron chi connectivity index (χ3n) is 3.26. The molecule has 1 heterocycles. The summed E-state index contributed by atoms with van der Waals surface area (Å²) in [4.78, 5) is 2.41. The van der Waals surface area contributed by atoms with E-state index < -0.39 is 11.0 Å². The standard InChI is InChI=1S/C13H28N2OS/c1-13(2,3)17(16)14-12-8-5-6-10-15(4)11-7-9-12/h12,14H,5-11H2,1-4H3. The van der Waals surface area contributed by atoms with Gasteiger partial charge in [0.2, 0.25) is 0 Å². The summed E-state index contributed by atoms with van der Waals surface area (Å²) in [6.45, 7) is 8.45. The molecule has 0 aromatic carbocycles. The first-order valence-corrected chi connectivity index (χ1v) is 7.91. The van der Waals surface area contributed by atoms with Crippen LogP contribution in [0.2, 0.25) is 0 Å². The van der Waals surface area contributed by atoms with Crippen LogP contribution >= 0.6 is 0 Å². The first kappa shape index (κ1) is 15.1. The summed E-state index contributed by atoms with van der Waals surface area (Å²) in [6.07, 6.45) is 6.01. The molecule has 4 heteroatoms. The molecule has 0 radical (unpaired) electrons. The molecule has 1 fully saturated rings. The van der Waals surface area contributed by atoms with Crippen LogP contribution in [0.1, 0.15) is 52.9 Å². The zero-order chi connectivity index (χ0) is 12.9. The Hall–Kier alpha value is 0.0700. The highest BCUT2D eigenvalue weighted by Crippen LogP contribution is 2.15. The second-order valence-corrected chi connectivity index (χ2v) is 8.14. The highest BCUT2D eigenvalue weighted by molar-refractivity contribution is 7.84. The van der Waals surface area contributed by atoms with E-state index in [1.807, 2.05) is 20.8 Å². The van der Waals surface area contributed by atoms with Crippen molar-refractivity contribution in [2.24, 2.45) is 0 Å². The Bertz CT molecular complexity index is 250. The van der Waals surface area contributed by atoms with Crippen LogP contribution in [0.15, 0.2) is 0 Å². The van der Waals surface area contributed by atoms with Gasteiger partial charge in [0.15, 0.2) is 0 Å². The number of nitrogens with zero attached hydrogens (tertiary/aromatic N) is 1. The lowest BCUT2D eigenvalue weighted by atomic mass is 10.1. The normalized spacial score (nSPS) is 26.9. The van der Waals surface area contributed by atoms with Gasteiger partial charge in [-0.1, -0.05) is 6.42 Å². The summed E-state index contributed by atoms with van der Waals surface area (Å²) in [6, 6.07) is 0.432. The summed E-state index contributed by atoms with van der Waals surface area (Å²) in [5.74, 6) is 0. The molecule has 2 unspecified atom stereocenters. The van der Waals surface area contributed by atoms with Gasteiger partial charge >= 0.3 is 0 Å². The van der Waals surface area contributed by atoms with Gasteiger partial charge in [0.25, 0.3) is 0 Å². The van der Waals surface area contributed by atoms with Crippen molar-refractivity contribution in [1.29, 1.82) is 0 Å². The third kappa shape index (κ3) is 5.98. The van der Waals surface area contributed by atoms with Gasteiger partial charge in [0.05, 0.1) is 15.7 Å². The van der Waals surface area contributed by atoms with Crippen molar-refractivity contribution in [3.05, 3.63) is 0 Å². The van der Waals surface area contributed by atoms with E-state index in [0.717, 1.165) is 12.8 Å². The molecule has 0 saturated carbocycles. The fourth-order valence-corrected chi connectivity index (χ4v) is 2.97. The van der Waals surface area contributed by atoms with Crippen molar-refractivity contribution in [2.75, 3.05) is 20.1 Å². The number of nitrogens with one attached hydrogen (secondary N) is 1. The fraction of sp³-hybridized carbons (Fsp3) is 1.00. The van der Waals surface area contributed by atoms with Crippen LogP contribution in [0.25, 0.3) is 0 Å². The zero-order valence-electron chi connectivity index (χ0n) is 11.8. The number of hydrogen-bond donors (Lipinski definition) is 1. The molecule has 0 aliphatic carbocycles. The van der Waals surface area contributed by atoms with Gasteiger partial charge in [-0.25, -0.2) is 8.93 Å². The summed E-state index contributed by atoms with van der Waals surface area (Å²) in [5, 5.41) is 0. The smallest absolute Gasteiger partial charge is 0.0972 e. The molecule has 1 saturated heterocycles. The first-order chi connectivity index (χ1) is 7.89. The molecule has 1 N–H and O–H groups in total. The minimum Gasteiger partial charge on any atom is -0.306 e. The lowest BCUT2D eigenvalue weighted by Gasteiger charge is -2.24. The zero-order valence-corrected chi connectivity index (χ0v) is 12.6. The van der Waals surface area contributed by atoms with Gasteiger partial charge in [-0.3, -0.25) is 0 Å². The van der Waals surface area contributed by atoms with Crippen molar-refractivity contribution in [3.63, 3.8) is 0 Å². The van der Waals surface area contributed by atoms with Crippen molar-refractivity contribution in [2.45, 2.75) is 63.7 Å². The van der Waals surface area contributed by atoms with Crippen LogP contribution < -0.4 is 4.72 Å². The summed E-state index contributed by atoms with van der Waals surface area (Å²) >= 11 is 0. The van der Waals surface area contributed by atoms with Crippen LogP contribution in [-0.2, 0) is 11.0 Å². The second-order valence-electron chi connectivity index (χ2n) is 6.14. The largest absolute Gasteiger partial charge is 0.306 e. The molecule has 2 atom stereocenters. The van der Waals surface area contributed by atoms with E-state index in [9.17, 15) is 4.21 Å². The third-order valence-corrected chi connectivity index (χ3v) is 4.92. The summed E-state index contributed by atoms with van der Waals surface area (Å²) < 4.78 is 15.2. The maximum absolute atomic E-state index is 12.1. The van der Waals surface area contributed by atoms with Crippen LogP contribution in [0.3, 0.4) is 0 Å². The number of rotatable bonds is 2. The molecular weight excluding hydrogens is 232 g/mol. The van der Waals surface area contributed by atoms with E-state index in [0.29, 0.717) is 6.04 Å². The molecule has 0 bridgehead atoms. The van der Waals surface area contributed by atoms with Gasteiger partial charge in [0.1, 0.15) is 0 Å². The first-order valence-electron chi connectivity index (χ1n) is 6.76. The lowest BCUT2D eigenvalue weighted by Crippen LogP contribution is -2.39. The van der Waals surface area contributed by atoms with Crippen LogP contribution in [0.5, 0.6) is 0 Å². The van der Waals surface area contributed by atoms with E-state index in [1.54, 1.807) is 0 Å². The molecule has 1 aliphatic heterocycles. The minimum absolute atomic E-state index is 0.158. The molecule has 1 aliphatic rings. The maximum atomic E-state index is 12.1. The Morgan fingerprint density at radius 1 is 1.12 bits per heavy atom. The SMILES string of the molecule is CN1CCCCC(NS(=O)C(C)(C)C)CCC1. The van der Waals surface area contributed by atoms with E-state index in [1.165, 1.54) is 32.4 Å². The molecule has 17 heavy (non-hydrogen) atoms. The highest BCUT2D eigenvalue weighted by atomic mass is 32.2. The molecular formula is C13H28N2OS. The maximum Gasteiger partial charge on any atom is 0.0972 e. The summed E-state index contributed by atoms with van der Waals surface area (Å²) in [5.41, 5.74) is 0. The quantitative estimate of drug-likeness (QED) is 0.826. The van der Waals surface area contributed by atoms with Crippen molar-refractivity contribution >= 4 is 11.0 Å². The molecule has 0 aromatic heterocycles. The fourth-order valence-electron chi connectivity index (χ4n) is 2.08. The molecule has 0 spiro atoms. The van der Waals surface area contributed by atoms with Gasteiger partial charge in [-0.15, -0.1) is 0 Å². The highest BCUT2D eigenvalue weighted by Gasteiger charge is 2.22. The van der Waals surface area contributed by atoms with Crippen molar-refractivity contribution in [1.82, 2.24) is 9.62 Å². The number of hydrogen-bond acceptors (Lipinski definition) is 2. The Balaban J connectivity index is 2.43. The predicted octanol–water partition coefficient (Wildman–Crippen LogP) is 2.30. The molecule has 102 valence electrons. The van der Waals surface area contributed by atoms with E-state index >= 15 is 0 Å². The minimum atomic E-state index is -0.926. The van der Waals surface area contributed by atoms with Crippen LogP contribution in [0, 0.1) is 0 Å². The molecule has 0 aromatic rings. The lowest BCUT2D eigenvalue weighted by molar-refractivity contribution is 0.326. The van der Waals surface area contributed by atoms with Gasteiger partial charge in [-0.2, -0.15) is 0 Å². The van der Waals surface area contributed by atoms with E-state index in [2.05, 4.69) is 16.7 Å². The molecule has 1 rings (SSSR count). The van der Waals surface area contributed by atoms with E-state index in [4.69, 9.17) is 0 Å². The van der Waals surface area contributed by atoms with E-state index in [-0.39, 0.29) is 4.75 Å². The second kappa shape index (κ2) is 6.86. The Morgan fingerprint density at radius 3 is 2.35 bits per heavy atom. The van der Waals surface area contributed by atoms with Crippen molar-refractivity contribution in [3.8, 4) is 0 Å². The van der Waals surface area contributed by atoms with Gasteiger partial charge < -0.3 is 4.90 Å². The average Bonchev–Trinajstić information content (AvgIpc) is 2.30. The molecule has 3 nitrogen and oxygen atoms in total. The topological polar surface area (TPSA) is 32.3 Å². The van der Waals surface area contributed by atoms with Gasteiger partial charge in [-0.05, 0) is 66.6 Å². The Kier molecular flexibility index (Phi) is 6.10. The average molecular weight is 260 g/mol. The Morgan fingerprint density at radius 2 is 1.71 bits per heavy atom. The summed E-state index contributed by atoms with van der Waals surface area (Å²) in [7, 11) is 1.27. The van der Waals surface area contributed by atoms with Crippen LogP contribution in [-0.4, -0.2) is 40.0 Å². The Labute approximate surface area is 109 Å². The van der Waals surface area contributed by atoms with Crippen molar-refractivity contribution < 1.29 is 4.21 Å². The monoisotopic (exact) mass is 260 g/mol. The van der Waals surface area contributed by atoms with Crippen LogP contribution in [0.4, 0.5) is 0 Å².